The van der Waals surface area contributed by atoms with Crippen molar-refractivity contribution in [2.75, 3.05) is 0 Å². The fraction of sp³-hybridized carbons (Fsp3) is 0. The fourth-order valence-corrected chi connectivity index (χ4v) is 1.04. The SMILES string of the molecule is SNSc1cncnc1. The smallest absolute Gasteiger partial charge is 0.115 e. The van der Waals surface area contributed by atoms with E-state index in [4.69, 9.17) is 0 Å². The van der Waals surface area contributed by atoms with Crippen LogP contribution in [-0.2, 0) is 0 Å². The lowest BCUT2D eigenvalue weighted by atomic mass is 10.7. The lowest BCUT2D eigenvalue weighted by molar-refractivity contribution is 1.10. The normalized spacial score (nSPS) is 9.44. The first-order valence-corrected chi connectivity index (χ1v) is 3.51. The van der Waals surface area contributed by atoms with Gasteiger partial charge in [-0.05, 0) is 11.9 Å². The van der Waals surface area contributed by atoms with Gasteiger partial charge in [0.2, 0.25) is 0 Å². The van der Waals surface area contributed by atoms with Crippen molar-refractivity contribution < 1.29 is 0 Å². The molecule has 48 valence electrons. The first kappa shape index (κ1) is 6.85. The van der Waals surface area contributed by atoms with Crippen molar-refractivity contribution in [3.8, 4) is 0 Å². The summed E-state index contributed by atoms with van der Waals surface area (Å²) in [5.74, 6) is 0. The number of aromatic nitrogens is 2. The van der Waals surface area contributed by atoms with Crippen molar-refractivity contribution in [3.63, 3.8) is 0 Å². The van der Waals surface area contributed by atoms with E-state index in [1.807, 2.05) is 0 Å². The van der Waals surface area contributed by atoms with Crippen molar-refractivity contribution in [1.82, 2.24) is 14.1 Å². The number of rotatable bonds is 2. The molecular formula is C4H5N3S2. The van der Waals surface area contributed by atoms with Gasteiger partial charge in [-0.3, -0.25) is 0 Å². The average Bonchev–Trinajstić information content (AvgIpc) is 1.91. The minimum absolute atomic E-state index is 0.951. The highest BCUT2D eigenvalue weighted by atomic mass is 32.2. The van der Waals surface area contributed by atoms with Gasteiger partial charge in [-0.2, -0.15) is 0 Å². The molecule has 0 saturated heterocycles. The van der Waals surface area contributed by atoms with Crippen molar-refractivity contribution in [3.05, 3.63) is 18.7 Å². The van der Waals surface area contributed by atoms with Crippen LogP contribution >= 0.6 is 24.8 Å². The van der Waals surface area contributed by atoms with Crippen LogP contribution < -0.4 is 4.13 Å². The minimum atomic E-state index is 0.951. The van der Waals surface area contributed by atoms with Gasteiger partial charge in [0.1, 0.15) is 6.33 Å². The van der Waals surface area contributed by atoms with Crippen LogP contribution in [0.4, 0.5) is 0 Å². The van der Waals surface area contributed by atoms with Crippen LogP contribution in [-0.4, -0.2) is 9.97 Å². The van der Waals surface area contributed by atoms with Gasteiger partial charge in [-0.15, -0.1) is 0 Å². The highest BCUT2D eigenvalue weighted by molar-refractivity contribution is 8.06. The third-order valence-corrected chi connectivity index (χ3v) is 1.51. The molecule has 0 radical (unpaired) electrons. The Morgan fingerprint density at radius 2 is 2.11 bits per heavy atom. The van der Waals surface area contributed by atoms with Gasteiger partial charge in [0.25, 0.3) is 0 Å². The lowest BCUT2D eigenvalue weighted by Gasteiger charge is -1.92. The predicted molar refractivity (Wildman–Crippen MR) is 40.0 cm³/mol. The maximum Gasteiger partial charge on any atom is 0.115 e. The summed E-state index contributed by atoms with van der Waals surface area (Å²) in [6.45, 7) is 0. The van der Waals surface area contributed by atoms with Crippen molar-refractivity contribution >= 4 is 24.8 Å². The molecule has 1 rings (SSSR count). The van der Waals surface area contributed by atoms with Gasteiger partial charge in [0.05, 0.1) is 4.90 Å². The highest BCUT2D eigenvalue weighted by Crippen LogP contribution is 2.09. The van der Waals surface area contributed by atoms with Gasteiger partial charge in [-0.1, -0.05) is 12.8 Å². The molecular weight excluding hydrogens is 154 g/mol. The molecule has 0 bridgehead atoms. The van der Waals surface area contributed by atoms with Crippen molar-refractivity contribution in [2.24, 2.45) is 0 Å². The van der Waals surface area contributed by atoms with Gasteiger partial charge >= 0.3 is 0 Å². The Hall–Kier alpha value is -0.260. The molecule has 5 heteroatoms. The Kier molecular flexibility index (Phi) is 2.82. The average molecular weight is 159 g/mol. The molecule has 0 spiro atoms. The van der Waals surface area contributed by atoms with Crippen LogP contribution in [0.2, 0.25) is 0 Å². The van der Waals surface area contributed by atoms with E-state index >= 15 is 0 Å². The van der Waals surface area contributed by atoms with E-state index in [2.05, 4.69) is 26.9 Å². The summed E-state index contributed by atoms with van der Waals surface area (Å²) < 4.78 is 2.62. The summed E-state index contributed by atoms with van der Waals surface area (Å²) in [5, 5.41) is 0. The molecule has 1 aromatic rings. The molecule has 1 N–H and O–H groups in total. The number of nitrogens with zero attached hydrogens (tertiary/aromatic N) is 2. The van der Waals surface area contributed by atoms with Crippen molar-refractivity contribution in [2.45, 2.75) is 4.90 Å². The third kappa shape index (κ3) is 2.21. The molecule has 0 fully saturated rings. The second kappa shape index (κ2) is 3.71. The zero-order chi connectivity index (χ0) is 6.53. The Labute approximate surface area is 63.0 Å². The second-order valence-corrected chi connectivity index (χ2v) is 2.67. The molecule has 0 atom stereocenters. The summed E-state index contributed by atoms with van der Waals surface area (Å²) in [5.41, 5.74) is 0. The van der Waals surface area contributed by atoms with E-state index in [-0.39, 0.29) is 0 Å². The van der Waals surface area contributed by atoms with Crippen LogP contribution in [0.1, 0.15) is 0 Å². The standard InChI is InChI=1S/C4H5N3S2/c8-7-9-4-1-5-3-6-2-4/h1-3,7-8H. The molecule has 0 unspecified atom stereocenters. The molecule has 0 aliphatic rings. The summed E-state index contributed by atoms with van der Waals surface area (Å²) >= 11 is 5.15. The van der Waals surface area contributed by atoms with Crippen LogP contribution in [0.25, 0.3) is 0 Å². The van der Waals surface area contributed by atoms with Crippen molar-refractivity contribution in [1.29, 1.82) is 0 Å². The number of thiol groups is 1. The second-order valence-electron chi connectivity index (χ2n) is 1.27. The summed E-state index contributed by atoms with van der Waals surface area (Å²) in [6.07, 6.45) is 4.91. The topological polar surface area (TPSA) is 37.8 Å². The zero-order valence-electron chi connectivity index (χ0n) is 4.48. The molecule has 0 aliphatic carbocycles. The van der Waals surface area contributed by atoms with E-state index in [9.17, 15) is 0 Å². The molecule has 1 aromatic heterocycles. The fourth-order valence-electron chi connectivity index (χ4n) is 0.391. The van der Waals surface area contributed by atoms with E-state index in [1.54, 1.807) is 12.4 Å². The molecule has 9 heavy (non-hydrogen) atoms. The van der Waals surface area contributed by atoms with Gasteiger partial charge < -0.3 is 0 Å². The monoisotopic (exact) mass is 159 g/mol. The Morgan fingerprint density at radius 1 is 1.44 bits per heavy atom. The first-order chi connectivity index (χ1) is 4.43. The van der Waals surface area contributed by atoms with E-state index in [0.717, 1.165) is 4.90 Å². The van der Waals surface area contributed by atoms with E-state index in [1.165, 1.54) is 18.3 Å². The van der Waals surface area contributed by atoms with Crippen LogP contribution in [0, 0.1) is 0 Å². The van der Waals surface area contributed by atoms with Gasteiger partial charge in [0, 0.05) is 12.4 Å². The number of hydrogen-bond acceptors (Lipinski definition) is 5. The van der Waals surface area contributed by atoms with Gasteiger partial charge in [0.15, 0.2) is 0 Å². The maximum absolute atomic E-state index is 3.80. The van der Waals surface area contributed by atoms with E-state index < -0.39 is 0 Å². The third-order valence-electron chi connectivity index (χ3n) is 0.700. The molecule has 0 aliphatic heterocycles. The Balaban J connectivity index is 2.61. The van der Waals surface area contributed by atoms with Crippen LogP contribution in [0.5, 0.6) is 0 Å². The number of nitrogens with one attached hydrogen (secondary N) is 1. The summed E-state index contributed by atoms with van der Waals surface area (Å²) in [4.78, 5) is 8.55. The quantitative estimate of drug-likeness (QED) is 0.497. The zero-order valence-corrected chi connectivity index (χ0v) is 6.19. The Bertz CT molecular complexity index is 167. The molecule has 3 nitrogen and oxygen atoms in total. The predicted octanol–water partition coefficient (Wildman–Crippen LogP) is 0.918. The first-order valence-electron chi connectivity index (χ1n) is 2.24. The van der Waals surface area contributed by atoms with Gasteiger partial charge in [-0.25, -0.2) is 14.1 Å². The lowest BCUT2D eigenvalue weighted by Crippen LogP contribution is -1.83. The minimum Gasteiger partial charge on any atom is -0.244 e. The summed E-state index contributed by atoms with van der Waals surface area (Å²) in [6, 6.07) is 0. The molecule has 0 saturated carbocycles. The molecule has 0 aromatic carbocycles. The van der Waals surface area contributed by atoms with Crippen LogP contribution in [0.15, 0.2) is 23.6 Å². The Morgan fingerprint density at radius 3 is 2.67 bits per heavy atom. The largest absolute Gasteiger partial charge is 0.244 e. The number of hydrogen-bond donors (Lipinski definition) is 2. The van der Waals surface area contributed by atoms with E-state index in [0.29, 0.717) is 0 Å². The summed E-state index contributed by atoms with van der Waals surface area (Å²) in [7, 11) is 0. The maximum atomic E-state index is 3.80. The highest BCUT2D eigenvalue weighted by Gasteiger charge is 1.87. The van der Waals surface area contributed by atoms with Crippen LogP contribution in [0.3, 0.4) is 0 Å². The molecule has 0 amide bonds. The molecule has 1 heterocycles.